The molecule has 0 unspecified atom stereocenters. The molecule has 0 atom stereocenters. The van der Waals surface area contributed by atoms with Gasteiger partial charge in [-0.1, -0.05) is 0 Å². The largest absolute Gasteiger partial charge is 0.463 e. The zero-order valence-electron chi connectivity index (χ0n) is 10.8. The number of hydrogen-bond donors (Lipinski definition) is 2. The lowest BCUT2D eigenvalue weighted by Gasteiger charge is -2.33. The van der Waals surface area contributed by atoms with E-state index in [1.54, 1.807) is 0 Å². The summed E-state index contributed by atoms with van der Waals surface area (Å²) in [5, 5.41) is 0. The maximum absolute atomic E-state index is 13.0. The standard InChI is InChI=1S/C7H8F10N3O2P/c1-2-19-3(18)20-22-23(21,6(14,15)4(8,9)10)7(16,17)5(11,12)13/h2H2,1H3,(H3,18,19,20). The van der Waals surface area contributed by atoms with Gasteiger partial charge >= 0.3 is 31.0 Å². The average Bonchev–Trinajstić information content (AvgIpc) is 2.33. The molecule has 0 aromatic carbocycles. The highest BCUT2D eigenvalue weighted by Gasteiger charge is 2.85. The van der Waals surface area contributed by atoms with Crippen LogP contribution in [-0.4, -0.2) is 36.2 Å². The maximum Gasteiger partial charge on any atom is 0.463 e. The molecule has 16 heteroatoms. The lowest BCUT2D eigenvalue weighted by atomic mass is 10.7. The van der Waals surface area contributed by atoms with Gasteiger partial charge in [0.2, 0.25) is 5.96 Å². The van der Waals surface area contributed by atoms with E-state index in [9.17, 15) is 48.5 Å². The Morgan fingerprint density at radius 1 is 1.00 bits per heavy atom. The van der Waals surface area contributed by atoms with Gasteiger partial charge in [0.15, 0.2) is 0 Å². The zero-order chi connectivity index (χ0) is 18.9. The van der Waals surface area contributed by atoms with Crippen molar-refractivity contribution in [1.29, 1.82) is 0 Å². The van der Waals surface area contributed by atoms with Crippen molar-refractivity contribution in [3.63, 3.8) is 0 Å². The number of hydrogen-bond acceptors (Lipinski definition) is 3. The number of nitrogens with two attached hydrogens (primary N) is 1. The Bertz CT molecular complexity index is 470. The molecule has 0 rings (SSSR count). The van der Waals surface area contributed by atoms with Gasteiger partial charge < -0.3 is 5.73 Å². The number of rotatable bonds is 5. The second-order valence-electron chi connectivity index (χ2n) is 3.68. The first-order valence-corrected chi connectivity index (χ1v) is 6.82. The normalized spacial score (nSPS) is 15.7. The first kappa shape index (κ1) is 21.8. The van der Waals surface area contributed by atoms with Gasteiger partial charge in [-0.15, -0.1) is 0 Å². The van der Waals surface area contributed by atoms with E-state index in [2.05, 4.69) is 9.62 Å². The topological polar surface area (TPSA) is 76.7 Å². The maximum atomic E-state index is 13.0. The van der Waals surface area contributed by atoms with Crippen molar-refractivity contribution in [3.8, 4) is 0 Å². The number of aliphatic imine (C=N–C) groups is 1. The molecule has 0 fully saturated rings. The number of guanidine groups is 1. The predicted octanol–water partition coefficient (Wildman–Crippen LogP) is 3.43. The first-order valence-electron chi connectivity index (χ1n) is 5.19. The molecule has 0 aromatic rings. The number of hydroxylamine groups is 1. The molecule has 0 saturated carbocycles. The molecular weight excluding hydrogens is 379 g/mol. The van der Waals surface area contributed by atoms with E-state index in [0.717, 1.165) is 0 Å². The summed E-state index contributed by atoms with van der Waals surface area (Å²) in [6.07, 6.45) is -14.1. The van der Waals surface area contributed by atoms with Crippen LogP contribution in [0.3, 0.4) is 0 Å². The highest BCUT2D eigenvalue weighted by atomic mass is 31.2. The van der Waals surface area contributed by atoms with Crippen molar-refractivity contribution in [1.82, 2.24) is 5.48 Å². The third kappa shape index (κ3) is 3.82. The van der Waals surface area contributed by atoms with Crippen LogP contribution >= 0.6 is 7.37 Å². The minimum absolute atomic E-state index is 0.280. The smallest absolute Gasteiger partial charge is 0.368 e. The van der Waals surface area contributed by atoms with E-state index in [1.807, 2.05) is 0 Å². The van der Waals surface area contributed by atoms with Gasteiger partial charge in [-0.25, -0.2) is 10.1 Å². The molecule has 0 spiro atoms. The zero-order valence-corrected chi connectivity index (χ0v) is 11.7. The Morgan fingerprint density at radius 3 is 1.61 bits per heavy atom. The van der Waals surface area contributed by atoms with Gasteiger partial charge in [0.1, 0.15) is 0 Å². The van der Waals surface area contributed by atoms with Gasteiger partial charge in [0.05, 0.1) is 0 Å². The van der Waals surface area contributed by atoms with Crippen molar-refractivity contribution in [3.05, 3.63) is 0 Å². The Hall–Kier alpha value is -1.24. The van der Waals surface area contributed by atoms with Crippen LogP contribution in [0.4, 0.5) is 43.9 Å². The van der Waals surface area contributed by atoms with Crippen molar-refractivity contribution in [2.45, 2.75) is 30.6 Å². The summed E-state index contributed by atoms with van der Waals surface area (Å²) < 4.78 is 139. The van der Waals surface area contributed by atoms with Crippen LogP contribution < -0.4 is 11.2 Å². The van der Waals surface area contributed by atoms with Crippen LogP contribution in [0.1, 0.15) is 6.92 Å². The summed E-state index contributed by atoms with van der Waals surface area (Å²) in [6.45, 7) is 0.945. The molecule has 23 heavy (non-hydrogen) atoms. The Labute approximate surface area is 121 Å². The Kier molecular flexibility index (Phi) is 6.00. The lowest BCUT2D eigenvalue weighted by Crippen LogP contribution is -2.49. The van der Waals surface area contributed by atoms with Crippen molar-refractivity contribution < 1.29 is 53.1 Å². The quantitative estimate of drug-likeness (QED) is 0.249. The minimum Gasteiger partial charge on any atom is -0.368 e. The molecule has 0 aliphatic rings. The fourth-order valence-electron chi connectivity index (χ4n) is 0.938. The van der Waals surface area contributed by atoms with Gasteiger partial charge in [-0.05, 0) is 6.92 Å². The molecule has 0 saturated heterocycles. The van der Waals surface area contributed by atoms with Crippen LogP contribution in [-0.2, 0) is 9.19 Å². The number of nitrogens with zero attached hydrogens (tertiary/aromatic N) is 1. The van der Waals surface area contributed by atoms with E-state index in [0.29, 0.717) is 5.48 Å². The summed E-state index contributed by atoms with van der Waals surface area (Å²) in [5.74, 6) is -1.25. The second-order valence-corrected chi connectivity index (χ2v) is 6.09. The highest BCUT2D eigenvalue weighted by Crippen LogP contribution is 2.77. The lowest BCUT2D eigenvalue weighted by molar-refractivity contribution is -0.272. The van der Waals surface area contributed by atoms with E-state index < -0.39 is 37.0 Å². The van der Waals surface area contributed by atoms with Crippen LogP contribution in [0.15, 0.2) is 4.99 Å². The predicted molar refractivity (Wildman–Crippen MR) is 56.0 cm³/mol. The summed E-state index contributed by atoms with van der Waals surface area (Å²) in [5.41, 5.74) is -8.66. The monoisotopic (exact) mass is 387 g/mol. The van der Waals surface area contributed by atoms with E-state index in [-0.39, 0.29) is 6.54 Å². The van der Waals surface area contributed by atoms with E-state index in [1.165, 1.54) is 6.92 Å². The fourth-order valence-corrected chi connectivity index (χ4v) is 2.41. The molecule has 0 heterocycles. The second kappa shape index (κ2) is 6.34. The average molecular weight is 387 g/mol. The van der Waals surface area contributed by atoms with E-state index >= 15 is 0 Å². The molecule has 0 bridgehead atoms. The molecule has 3 N–H and O–H groups in total. The van der Waals surface area contributed by atoms with Crippen molar-refractivity contribution in [2.75, 3.05) is 6.54 Å². The Balaban J connectivity index is 6.13. The van der Waals surface area contributed by atoms with Crippen LogP contribution in [0.5, 0.6) is 0 Å². The third-order valence-electron chi connectivity index (χ3n) is 2.03. The first-order chi connectivity index (χ1) is 9.95. The van der Waals surface area contributed by atoms with Crippen molar-refractivity contribution in [2.24, 2.45) is 10.7 Å². The van der Waals surface area contributed by atoms with Gasteiger partial charge in [-0.2, -0.15) is 43.9 Å². The molecule has 0 aromatic heterocycles. The van der Waals surface area contributed by atoms with Crippen LogP contribution in [0.25, 0.3) is 0 Å². The van der Waals surface area contributed by atoms with Gasteiger partial charge in [0.25, 0.3) is 0 Å². The molecule has 0 aliphatic carbocycles. The van der Waals surface area contributed by atoms with Gasteiger partial charge in [-0.3, -0.25) is 9.56 Å². The number of nitrogens with one attached hydrogen (secondary N) is 1. The number of halogens is 10. The third-order valence-corrected chi connectivity index (χ3v) is 4.36. The highest BCUT2D eigenvalue weighted by molar-refractivity contribution is 7.61. The summed E-state index contributed by atoms with van der Waals surface area (Å²) in [4.78, 5) is 3.00. The fraction of sp³-hybridized carbons (Fsp3) is 0.857. The molecule has 5 nitrogen and oxygen atoms in total. The molecule has 0 aliphatic heterocycles. The molecule has 138 valence electrons. The van der Waals surface area contributed by atoms with Crippen molar-refractivity contribution >= 4 is 13.3 Å². The SMILES string of the molecule is CCN=C(N)NOP(=O)(C(F)(F)C(F)(F)F)C(F)(F)C(F)(F)F. The summed E-state index contributed by atoms with van der Waals surface area (Å²) in [6, 6.07) is 0. The molecule has 0 radical (unpaired) electrons. The van der Waals surface area contributed by atoms with Crippen LogP contribution in [0, 0.1) is 0 Å². The number of alkyl halides is 10. The molecule has 0 amide bonds. The Morgan fingerprint density at radius 2 is 1.35 bits per heavy atom. The molecular formula is C7H8F10N3O2P. The van der Waals surface area contributed by atoms with Gasteiger partial charge in [0, 0.05) is 6.54 Å². The summed E-state index contributed by atoms with van der Waals surface area (Å²) in [7, 11) is -8.13. The van der Waals surface area contributed by atoms with Crippen LogP contribution in [0.2, 0.25) is 0 Å². The summed E-state index contributed by atoms with van der Waals surface area (Å²) >= 11 is 0. The minimum atomic E-state index is -8.13. The van der Waals surface area contributed by atoms with E-state index in [4.69, 9.17) is 5.73 Å².